The van der Waals surface area contributed by atoms with Gasteiger partial charge in [-0.2, -0.15) is 0 Å². The van der Waals surface area contributed by atoms with Gasteiger partial charge in [0.05, 0.1) is 0 Å². The van der Waals surface area contributed by atoms with E-state index in [1.165, 1.54) is 35.1 Å². The van der Waals surface area contributed by atoms with Gasteiger partial charge in [0.25, 0.3) is 0 Å². The van der Waals surface area contributed by atoms with Crippen molar-refractivity contribution in [3.8, 4) is 0 Å². The number of fused-ring (bicyclic) bond motifs is 1. The van der Waals surface area contributed by atoms with Crippen molar-refractivity contribution in [1.82, 2.24) is 0 Å². The van der Waals surface area contributed by atoms with E-state index in [0.717, 1.165) is 12.8 Å². The van der Waals surface area contributed by atoms with Gasteiger partial charge in [0, 0.05) is 0 Å². The number of aryl methyl sites for hydroxylation is 3. The SMILES string of the molecule is CC1=C(C)c2ccc(CCc3ccccc3)cc2CC1. The van der Waals surface area contributed by atoms with E-state index in [1.807, 2.05) is 0 Å². The van der Waals surface area contributed by atoms with Gasteiger partial charge in [-0.25, -0.2) is 0 Å². The first kappa shape index (κ1) is 13.2. The minimum Gasteiger partial charge on any atom is -0.0695 e. The van der Waals surface area contributed by atoms with Gasteiger partial charge in [-0.15, -0.1) is 0 Å². The molecule has 1 aliphatic carbocycles. The Labute approximate surface area is 122 Å². The molecule has 0 saturated heterocycles. The molecular weight excluding hydrogens is 240 g/mol. The Morgan fingerprint density at radius 2 is 1.55 bits per heavy atom. The van der Waals surface area contributed by atoms with Crippen LogP contribution in [-0.2, 0) is 19.3 Å². The van der Waals surface area contributed by atoms with Crippen LogP contribution in [0, 0.1) is 0 Å². The van der Waals surface area contributed by atoms with Gasteiger partial charge >= 0.3 is 0 Å². The number of hydrogen-bond donors (Lipinski definition) is 0. The fourth-order valence-electron chi connectivity index (χ4n) is 3.05. The number of hydrogen-bond acceptors (Lipinski definition) is 0. The van der Waals surface area contributed by atoms with Crippen LogP contribution in [0.15, 0.2) is 54.1 Å². The minimum absolute atomic E-state index is 1.13. The van der Waals surface area contributed by atoms with Gasteiger partial charge in [0.1, 0.15) is 0 Å². The number of rotatable bonds is 3. The summed E-state index contributed by atoms with van der Waals surface area (Å²) in [5, 5.41) is 0. The van der Waals surface area contributed by atoms with Crippen LogP contribution in [-0.4, -0.2) is 0 Å². The molecule has 0 fully saturated rings. The molecule has 0 aromatic heterocycles. The second-order valence-electron chi connectivity index (χ2n) is 5.88. The van der Waals surface area contributed by atoms with E-state index in [4.69, 9.17) is 0 Å². The topological polar surface area (TPSA) is 0 Å². The second kappa shape index (κ2) is 5.66. The molecular formula is C20H22. The van der Waals surface area contributed by atoms with Crippen LogP contribution in [0.25, 0.3) is 5.57 Å². The molecule has 0 nitrogen and oxygen atoms in total. The van der Waals surface area contributed by atoms with Gasteiger partial charge in [-0.3, -0.25) is 0 Å². The third kappa shape index (κ3) is 2.70. The maximum absolute atomic E-state index is 2.42. The number of allylic oxidation sites excluding steroid dienone is 2. The van der Waals surface area contributed by atoms with Crippen molar-refractivity contribution in [2.45, 2.75) is 39.5 Å². The Hall–Kier alpha value is -1.82. The van der Waals surface area contributed by atoms with Crippen LogP contribution in [0.1, 0.15) is 42.5 Å². The van der Waals surface area contributed by atoms with Crippen molar-refractivity contribution in [3.63, 3.8) is 0 Å². The van der Waals surface area contributed by atoms with Crippen molar-refractivity contribution in [2.75, 3.05) is 0 Å². The second-order valence-corrected chi connectivity index (χ2v) is 5.88. The highest BCUT2D eigenvalue weighted by molar-refractivity contribution is 5.71. The monoisotopic (exact) mass is 262 g/mol. The molecule has 0 heterocycles. The lowest BCUT2D eigenvalue weighted by Gasteiger charge is -2.20. The van der Waals surface area contributed by atoms with Gasteiger partial charge in [-0.05, 0) is 67.4 Å². The fourth-order valence-corrected chi connectivity index (χ4v) is 3.05. The van der Waals surface area contributed by atoms with Crippen LogP contribution in [0.5, 0.6) is 0 Å². The molecule has 0 aliphatic heterocycles. The summed E-state index contributed by atoms with van der Waals surface area (Å²) in [6, 6.07) is 17.8. The normalized spacial score (nSPS) is 14.3. The first-order chi connectivity index (χ1) is 9.74. The van der Waals surface area contributed by atoms with Gasteiger partial charge < -0.3 is 0 Å². The smallest absolute Gasteiger partial charge is 0.0195 e. The molecule has 0 spiro atoms. The summed E-state index contributed by atoms with van der Waals surface area (Å²) in [7, 11) is 0. The average Bonchev–Trinajstić information content (AvgIpc) is 2.50. The summed E-state index contributed by atoms with van der Waals surface area (Å²) in [4.78, 5) is 0. The molecule has 0 heteroatoms. The quantitative estimate of drug-likeness (QED) is 0.712. The van der Waals surface area contributed by atoms with E-state index in [-0.39, 0.29) is 0 Å². The van der Waals surface area contributed by atoms with E-state index in [9.17, 15) is 0 Å². The Kier molecular flexibility index (Phi) is 3.73. The number of benzene rings is 2. The largest absolute Gasteiger partial charge is 0.0695 e. The third-order valence-electron chi connectivity index (χ3n) is 4.53. The van der Waals surface area contributed by atoms with Crippen LogP contribution < -0.4 is 0 Å². The standard InChI is InChI=1S/C20H22/c1-15-8-12-19-14-18(11-13-20(19)16(15)2)10-9-17-6-4-3-5-7-17/h3-7,11,13-14H,8-10,12H2,1-2H3. The lowest BCUT2D eigenvalue weighted by molar-refractivity contribution is 0.900. The van der Waals surface area contributed by atoms with Crippen LogP contribution in [0.3, 0.4) is 0 Å². The lowest BCUT2D eigenvalue weighted by atomic mass is 9.85. The molecule has 0 N–H and O–H groups in total. The van der Waals surface area contributed by atoms with Crippen LogP contribution >= 0.6 is 0 Å². The minimum atomic E-state index is 1.13. The summed E-state index contributed by atoms with van der Waals surface area (Å²) < 4.78 is 0. The molecule has 0 bridgehead atoms. The van der Waals surface area contributed by atoms with Gasteiger partial charge in [-0.1, -0.05) is 54.1 Å². The first-order valence-electron chi connectivity index (χ1n) is 7.56. The van der Waals surface area contributed by atoms with E-state index < -0.39 is 0 Å². The predicted molar refractivity (Wildman–Crippen MR) is 86.9 cm³/mol. The molecule has 1 aliphatic rings. The zero-order valence-corrected chi connectivity index (χ0v) is 12.4. The van der Waals surface area contributed by atoms with Crippen LogP contribution in [0.4, 0.5) is 0 Å². The molecule has 0 amide bonds. The molecule has 20 heavy (non-hydrogen) atoms. The van der Waals surface area contributed by atoms with Gasteiger partial charge in [0.2, 0.25) is 0 Å². The highest BCUT2D eigenvalue weighted by Gasteiger charge is 2.13. The Balaban J connectivity index is 1.77. The summed E-state index contributed by atoms with van der Waals surface area (Å²) in [6.45, 7) is 4.53. The Morgan fingerprint density at radius 3 is 2.35 bits per heavy atom. The molecule has 2 aromatic carbocycles. The highest BCUT2D eigenvalue weighted by atomic mass is 14.2. The molecule has 102 valence electrons. The lowest BCUT2D eigenvalue weighted by Crippen LogP contribution is -2.03. The zero-order chi connectivity index (χ0) is 13.9. The molecule has 2 aromatic rings. The van der Waals surface area contributed by atoms with Crippen LogP contribution in [0.2, 0.25) is 0 Å². The van der Waals surface area contributed by atoms with Crippen molar-refractivity contribution in [2.24, 2.45) is 0 Å². The van der Waals surface area contributed by atoms with E-state index >= 15 is 0 Å². The van der Waals surface area contributed by atoms with Crippen molar-refractivity contribution in [3.05, 3.63) is 76.4 Å². The summed E-state index contributed by atoms with van der Waals surface area (Å²) in [5.41, 5.74) is 8.95. The zero-order valence-electron chi connectivity index (χ0n) is 12.4. The van der Waals surface area contributed by atoms with Crippen molar-refractivity contribution >= 4 is 5.57 Å². The summed E-state index contributed by atoms with van der Waals surface area (Å²) in [6.07, 6.45) is 4.70. The molecule has 0 radical (unpaired) electrons. The summed E-state index contributed by atoms with van der Waals surface area (Å²) in [5.74, 6) is 0. The molecule has 0 unspecified atom stereocenters. The summed E-state index contributed by atoms with van der Waals surface area (Å²) >= 11 is 0. The fraction of sp³-hybridized carbons (Fsp3) is 0.300. The van der Waals surface area contributed by atoms with Gasteiger partial charge in [0.15, 0.2) is 0 Å². The van der Waals surface area contributed by atoms with E-state index in [0.29, 0.717) is 0 Å². The predicted octanol–water partition coefficient (Wildman–Crippen LogP) is 5.21. The highest BCUT2D eigenvalue weighted by Crippen LogP contribution is 2.31. The molecule has 0 saturated carbocycles. The third-order valence-corrected chi connectivity index (χ3v) is 4.53. The Morgan fingerprint density at radius 1 is 0.800 bits per heavy atom. The first-order valence-corrected chi connectivity index (χ1v) is 7.56. The van der Waals surface area contributed by atoms with Crippen molar-refractivity contribution in [1.29, 1.82) is 0 Å². The maximum Gasteiger partial charge on any atom is -0.0195 e. The molecule has 0 atom stereocenters. The maximum atomic E-state index is 2.42. The Bertz CT molecular complexity index is 632. The van der Waals surface area contributed by atoms with Crippen molar-refractivity contribution < 1.29 is 0 Å². The van der Waals surface area contributed by atoms with E-state index in [2.05, 4.69) is 62.4 Å². The average molecular weight is 262 g/mol. The van der Waals surface area contributed by atoms with E-state index in [1.54, 1.807) is 11.1 Å². The molecule has 3 rings (SSSR count).